The molecule has 0 saturated carbocycles. The van der Waals surface area contributed by atoms with Gasteiger partial charge in [0.05, 0.1) is 13.1 Å². The summed E-state index contributed by atoms with van der Waals surface area (Å²) in [5.41, 5.74) is -0.339. The van der Waals surface area contributed by atoms with Crippen LogP contribution in [0.1, 0.15) is 34.1 Å². The maximum atomic E-state index is 11.8. The molecule has 0 aromatic heterocycles. The molecule has 0 spiro atoms. The van der Waals surface area contributed by atoms with Crippen molar-refractivity contribution in [2.45, 2.75) is 34.1 Å². The Kier molecular flexibility index (Phi) is 6.26. The lowest BCUT2D eigenvalue weighted by atomic mass is 9.90. The van der Waals surface area contributed by atoms with Gasteiger partial charge in [0.25, 0.3) is 0 Å². The smallest absolute Gasteiger partial charge is 0.233 e. The Morgan fingerprint density at radius 1 is 1.19 bits per heavy atom. The molecule has 0 bridgehead atoms. The fourth-order valence-corrected chi connectivity index (χ4v) is 1.25. The Balaban J connectivity index is 4.33. The number of likely N-dealkylation sites (N-methyl/N-ethyl adjacent to an activating group) is 1. The summed E-state index contributed by atoms with van der Waals surface area (Å²) in [6, 6.07) is 0. The molecule has 0 aromatic carbocycles. The van der Waals surface area contributed by atoms with E-state index in [9.17, 15) is 9.59 Å². The molecule has 0 saturated heterocycles. The molecule has 0 fully saturated rings. The number of nitrogens with zero attached hydrogens (tertiary/aromatic N) is 1. The summed E-state index contributed by atoms with van der Waals surface area (Å²) >= 11 is 0. The number of hydrogen-bond donors (Lipinski definition) is 1. The molecule has 0 radical (unpaired) electrons. The number of carbonyl (C=O) groups is 2. The van der Waals surface area contributed by atoms with E-state index in [2.05, 4.69) is 5.32 Å². The number of Topliss-reactive ketones (excluding diaryl/α,β-unsaturated/α-hetero) is 1. The van der Waals surface area contributed by atoms with Crippen LogP contribution < -0.4 is 5.32 Å². The minimum absolute atomic E-state index is 0.0461. The molecule has 94 valence electrons. The van der Waals surface area contributed by atoms with Crippen LogP contribution in [0.3, 0.4) is 0 Å². The van der Waals surface area contributed by atoms with E-state index in [0.717, 1.165) is 13.0 Å². The average Bonchev–Trinajstić information content (AvgIpc) is 2.16. The molecule has 0 heterocycles. The Morgan fingerprint density at radius 3 is 2.12 bits per heavy atom. The van der Waals surface area contributed by atoms with Crippen molar-refractivity contribution < 1.29 is 9.59 Å². The molecule has 1 N–H and O–H groups in total. The number of carbonyl (C=O) groups excluding carboxylic acids is 2. The molecule has 0 aromatic rings. The van der Waals surface area contributed by atoms with Gasteiger partial charge in [-0.05, 0) is 13.0 Å². The average molecular weight is 228 g/mol. The maximum absolute atomic E-state index is 11.8. The maximum Gasteiger partial charge on any atom is 0.233 e. The predicted molar refractivity (Wildman–Crippen MR) is 65.3 cm³/mol. The first-order valence-corrected chi connectivity index (χ1v) is 5.77. The minimum Gasteiger partial charge on any atom is -0.358 e. The molecule has 0 rings (SSSR count). The number of hydrogen-bond acceptors (Lipinski definition) is 3. The zero-order valence-electron chi connectivity index (χ0n) is 11.1. The first-order valence-electron chi connectivity index (χ1n) is 5.77. The Hall–Kier alpha value is -0.900. The summed E-state index contributed by atoms with van der Waals surface area (Å²) in [6.45, 7) is 9.17. The molecule has 0 aliphatic rings. The summed E-state index contributed by atoms with van der Waals surface area (Å²) in [6.07, 6.45) is 0.939. The number of nitrogens with one attached hydrogen (secondary N) is 1. The first-order chi connectivity index (χ1) is 7.31. The third-order valence-corrected chi connectivity index (χ3v) is 2.39. The number of amides is 1. The molecular formula is C12H24N2O2. The number of rotatable bonds is 6. The van der Waals surface area contributed by atoms with Gasteiger partial charge in [0.15, 0.2) is 5.78 Å². The molecule has 1 amide bonds. The highest BCUT2D eigenvalue weighted by molar-refractivity contribution is 5.86. The van der Waals surface area contributed by atoms with E-state index in [0.29, 0.717) is 13.1 Å². The van der Waals surface area contributed by atoms with Crippen LogP contribution in [0, 0.1) is 5.41 Å². The van der Waals surface area contributed by atoms with E-state index < -0.39 is 0 Å². The topological polar surface area (TPSA) is 49.4 Å². The molecule has 0 atom stereocenters. The van der Waals surface area contributed by atoms with Gasteiger partial charge in [-0.15, -0.1) is 0 Å². The summed E-state index contributed by atoms with van der Waals surface area (Å²) in [7, 11) is 1.61. The summed E-state index contributed by atoms with van der Waals surface area (Å²) in [4.78, 5) is 25.0. The Bertz CT molecular complexity index is 244. The van der Waals surface area contributed by atoms with Crippen LogP contribution in [-0.4, -0.2) is 43.3 Å². The van der Waals surface area contributed by atoms with Crippen molar-refractivity contribution in [3.8, 4) is 0 Å². The van der Waals surface area contributed by atoms with Crippen molar-refractivity contribution >= 4 is 11.7 Å². The lowest BCUT2D eigenvalue weighted by molar-refractivity contribution is -0.128. The van der Waals surface area contributed by atoms with Crippen LogP contribution in [-0.2, 0) is 9.59 Å². The van der Waals surface area contributed by atoms with Gasteiger partial charge in [0, 0.05) is 12.5 Å². The normalized spacial score (nSPS) is 11.6. The Labute approximate surface area is 98.4 Å². The van der Waals surface area contributed by atoms with Crippen molar-refractivity contribution in [1.82, 2.24) is 10.2 Å². The first kappa shape index (κ1) is 15.1. The summed E-state index contributed by atoms with van der Waals surface area (Å²) in [5.74, 6) is 0.125. The van der Waals surface area contributed by atoms with Crippen molar-refractivity contribution in [2.75, 3.05) is 26.7 Å². The van der Waals surface area contributed by atoms with E-state index in [-0.39, 0.29) is 17.1 Å². The highest BCUT2D eigenvalue weighted by atomic mass is 16.2. The van der Waals surface area contributed by atoms with Crippen molar-refractivity contribution in [3.05, 3.63) is 0 Å². The predicted octanol–water partition coefficient (Wildman–Crippen LogP) is 1.06. The fourth-order valence-electron chi connectivity index (χ4n) is 1.25. The van der Waals surface area contributed by atoms with Gasteiger partial charge < -0.3 is 5.32 Å². The van der Waals surface area contributed by atoms with Gasteiger partial charge in [-0.3, -0.25) is 14.5 Å². The molecule has 4 nitrogen and oxygen atoms in total. The van der Waals surface area contributed by atoms with Crippen molar-refractivity contribution in [2.24, 2.45) is 5.41 Å². The highest BCUT2D eigenvalue weighted by Gasteiger charge is 2.23. The van der Waals surface area contributed by atoms with Gasteiger partial charge in [-0.1, -0.05) is 27.7 Å². The lowest BCUT2D eigenvalue weighted by Crippen LogP contribution is -2.41. The van der Waals surface area contributed by atoms with Crippen LogP contribution in [0.2, 0.25) is 0 Å². The second-order valence-electron chi connectivity index (χ2n) is 5.06. The van der Waals surface area contributed by atoms with Crippen LogP contribution >= 0.6 is 0 Å². The van der Waals surface area contributed by atoms with Gasteiger partial charge in [0.1, 0.15) is 0 Å². The van der Waals surface area contributed by atoms with Crippen LogP contribution in [0.15, 0.2) is 0 Å². The van der Waals surface area contributed by atoms with E-state index in [1.165, 1.54) is 0 Å². The largest absolute Gasteiger partial charge is 0.358 e. The molecule has 0 aliphatic heterocycles. The van der Waals surface area contributed by atoms with E-state index in [1.807, 2.05) is 32.6 Å². The van der Waals surface area contributed by atoms with Crippen LogP contribution in [0.25, 0.3) is 0 Å². The van der Waals surface area contributed by atoms with Gasteiger partial charge in [-0.2, -0.15) is 0 Å². The quantitative estimate of drug-likeness (QED) is 0.739. The molecule has 0 aliphatic carbocycles. The van der Waals surface area contributed by atoms with Crippen molar-refractivity contribution in [1.29, 1.82) is 0 Å². The molecule has 0 unspecified atom stereocenters. The fraction of sp³-hybridized carbons (Fsp3) is 0.833. The second kappa shape index (κ2) is 6.63. The van der Waals surface area contributed by atoms with E-state index >= 15 is 0 Å². The van der Waals surface area contributed by atoms with Crippen LogP contribution in [0.4, 0.5) is 0 Å². The van der Waals surface area contributed by atoms with Gasteiger partial charge >= 0.3 is 0 Å². The Morgan fingerprint density at radius 2 is 1.75 bits per heavy atom. The van der Waals surface area contributed by atoms with E-state index in [4.69, 9.17) is 0 Å². The second-order valence-corrected chi connectivity index (χ2v) is 5.06. The van der Waals surface area contributed by atoms with Gasteiger partial charge in [-0.25, -0.2) is 0 Å². The molecule has 4 heteroatoms. The summed E-state index contributed by atoms with van der Waals surface area (Å²) in [5, 5.41) is 2.57. The van der Waals surface area contributed by atoms with E-state index in [1.54, 1.807) is 7.05 Å². The monoisotopic (exact) mass is 228 g/mol. The SMILES string of the molecule is CCCN(CC(=O)NC)CC(=O)C(C)(C)C. The molecular weight excluding hydrogens is 204 g/mol. The zero-order chi connectivity index (χ0) is 12.8. The van der Waals surface area contributed by atoms with Crippen LogP contribution in [0.5, 0.6) is 0 Å². The minimum atomic E-state index is -0.339. The van der Waals surface area contributed by atoms with Gasteiger partial charge in [0.2, 0.25) is 5.91 Å². The standard InChI is InChI=1S/C12H24N2O2/c1-6-7-14(9-11(16)13-5)8-10(15)12(2,3)4/h6-9H2,1-5H3,(H,13,16). The number of ketones is 1. The summed E-state index contributed by atoms with van der Waals surface area (Å²) < 4.78 is 0. The van der Waals surface area contributed by atoms with Crippen molar-refractivity contribution in [3.63, 3.8) is 0 Å². The third kappa shape index (κ3) is 5.85. The lowest BCUT2D eigenvalue weighted by Gasteiger charge is -2.24. The third-order valence-electron chi connectivity index (χ3n) is 2.39. The zero-order valence-corrected chi connectivity index (χ0v) is 11.1. The molecule has 16 heavy (non-hydrogen) atoms. The highest BCUT2D eigenvalue weighted by Crippen LogP contribution is 2.15.